The number of hydrogen-bond acceptors (Lipinski definition) is 8. The van der Waals surface area contributed by atoms with Crippen molar-refractivity contribution >= 4 is 22.7 Å². The summed E-state index contributed by atoms with van der Waals surface area (Å²) >= 11 is 0. The zero-order valence-electron chi connectivity index (χ0n) is 23.1. The highest BCUT2D eigenvalue weighted by atomic mass is 16.5. The maximum Gasteiger partial charge on any atom is 0.251 e. The number of rotatable bonds is 8. The molecule has 2 saturated heterocycles. The summed E-state index contributed by atoms with van der Waals surface area (Å²) in [4.78, 5) is 29.6. The van der Waals surface area contributed by atoms with E-state index in [1.54, 1.807) is 29.7 Å². The molecule has 212 valence electrons. The van der Waals surface area contributed by atoms with Gasteiger partial charge in [0, 0.05) is 35.8 Å². The number of para-hydroxylation sites is 1. The standard InChI is InChI=1S/C30H37N5O5/c1-28(2)17-30(18-33-28,16-25(36)35-38)34-27(37)20-8-10-21(11-9-20)39-19-29(3)26(32-14-15-40-29)23-12-13-31-24-7-5-4-6-22(23)24/h4-13,26,32-33,38H,14-19H2,1-3H3,(H,34,37)(H,35,36). The first kappa shape index (κ1) is 28.0. The molecular formula is C30H37N5O5. The fraction of sp³-hybridized carbons (Fsp3) is 0.433. The Morgan fingerprint density at radius 2 is 1.90 bits per heavy atom. The topological polar surface area (TPSA) is 134 Å². The van der Waals surface area contributed by atoms with Crippen LogP contribution in [0.5, 0.6) is 5.75 Å². The van der Waals surface area contributed by atoms with Crippen LogP contribution in [0.3, 0.4) is 0 Å². The zero-order valence-corrected chi connectivity index (χ0v) is 23.1. The van der Waals surface area contributed by atoms with E-state index < -0.39 is 17.0 Å². The number of carbonyl (C=O) groups is 2. The first-order valence-electron chi connectivity index (χ1n) is 13.6. The van der Waals surface area contributed by atoms with Crippen LogP contribution in [0, 0.1) is 0 Å². The van der Waals surface area contributed by atoms with Gasteiger partial charge >= 0.3 is 0 Å². The number of fused-ring (bicyclic) bond motifs is 1. The number of nitrogens with zero attached hydrogens (tertiary/aromatic N) is 1. The first-order valence-corrected chi connectivity index (χ1v) is 13.6. The SMILES string of the molecule is CC1(C)CC(CC(=O)NO)(NC(=O)c2ccc(OCC3(C)OCCNC3c3ccnc4ccccc34)cc2)CN1. The lowest BCUT2D eigenvalue weighted by Gasteiger charge is -2.42. The Kier molecular flexibility index (Phi) is 7.78. The van der Waals surface area contributed by atoms with E-state index in [4.69, 9.17) is 14.7 Å². The molecule has 0 radical (unpaired) electrons. The first-order chi connectivity index (χ1) is 19.1. The number of morpholine rings is 1. The molecule has 10 heteroatoms. The fourth-order valence-corrected chi connectivity index (χ4v) is 5.95. The summed E-state index contributed by atoms with van der Waals surface area (Å²) in [7, 11) is 0. The summed E-state index contributed by atoms with van der Waals surface area (Å²) in [5.74, 6) is -0.231. The van der Waals surface area contributed by atoms with Crippen molar-refractivity contribution in [2.45, 2.75) is 56.3 Å². The number of hydroxylamine groups is 1. The normalized spacial score (nSPS) is 25.9. The summed E-state index contributed by atoms with van der Waals surface area (Å²) in [5, 5.41) is 20.1. The number of benzene rings is 2. The molecule has 2 aliphatic rings. The smallest absolute Gasteiger partial charge is 0.251 e. The molecular weight excluding hydrogens is 510 g/mol. The molecule has 2 aromatic carbocycles. The summed E-state index contributed by atoms with van der Waals surface area (Å²) in [6.45, 7) is 8.08. The number of ether oxygens (including phenoxy) is 2. The predicted molar refractivity (Wildman–Crippen MR) is 150 cm³/mol. The molecule has 5 rings (SSSR count). The number of carbonyl (C=O) groups excluding carboxylic acids is 2. The van der Waals surface area contributed by atoms with Crippen molar-refractivity contribution in [2.75, 3.05) is 26.3 Å². The lowest BCUT2D eigenvalue weighted by Crippen LogP contribution is -2.53. The van der Waals surface area contributed by atoms with Crippen molar-refractivity contribution in [3.8, 4) is 5.75 Å². The molecule has 3 heterocycles. The molecule has 0 saturated carbocycles. The fourth-order valence-electron chi connectivity index (χ4n) is 5.95. The molecule has 3 aromatic rings. The Morgan fingerprint density at radius 1 is 1.12 bits per heavy atom. The molecule has 0 aliphatic carbocycles. The van der Waals surface area contributed by atoms with Gasteiger partial charge in [0.25, 0.3) is 5.91 Å². The third-order valence-corrected chi connectivity index (χ3v) is 7.82. The molecule has 2 aliphatic heterocycles. The predicted octanol–water partition coefficient (Wildman–Crippen LogP) is 2.87. The highest BCUT2D eigenvalue weighted by Crippen LogP contribution is 2.36. The van der Waals surface area contributed by atoms with E-state index in [1.807, 2.05) is 51.2 Å². The van der Waals surface area contributed by atoms with Crippen molar-refractivity contribution < 1.29 is 24.3 Å². The van der Waals surface area contributed by atoms with Crippen LogP contribution in [0.15, 0.2) is 60.8 Å². The van der Waals surface area contributed by atoms with Gasteiger partial charge < -0.3 is 25.4 Å². The molecule has 3 unspecified atom stereocenters. The van der Waals surface area contributed by atoms with Crippen molar-refractivity contribution in [1.29, 1.82) is 0 Å². The van der Waals surface area contributed by atoms with Gasteiger partial charge in [-0.1, -0.05) is 18.2 Å². The molecule has 0 spiro atoms. The highest BCUT2D eigenvalue weighted by Gasteiger charge is 2.45. The van der Waals surface area contributed by atoms with Crippen molar-refractivity contribution in [3.63, 3.8) is 0 Å². The summed E-state index contributed by atoms with van der Waals surface area (Å²) in [6.07, 6.45) is 2.33. The van der Waals surface area contributed by atoms with Gasteiger partial charge in [-0.2, -0.15) is 0 Å². The van der Waals surface area contributed by atoms with Gasteiger partial charge in [0.05, 0.1) is 30.1 Å². The van der Waals surface area contributed by atoms with Crippen molar-refractivity contribution in [3.05, 3.63) is 71.9 Å². The van der Waals surface area contributed by atoms with Crippen LogP contribution in [0.4, 0.5) is 0 Å². The van der Waals surface area contributed by atoms with Gasteiger partial charge in [0.15, 0.2) is 0 Å². The van der Waals surface area contributed by atoms with Crippen LogP contribution in [-0.4, -0.2) is 65.0 Å². The summed E-state index contributed by atoms with van der Waals surface area (Å²) in [5.41, 5.74) is 2.46. The van der Waals surface area contributed by atoms with Gasteiger partial charge in [0.1, 0.15) is 18.0 Å². The number of hydrogen-bond donors (Lipinski definition) is 5. The highest BCUT2D eigenvalue weighted by molar-refractivity contribution is 5.95. The Balaban J connectivity index is 1.27. The Hall–Kier alpha value is -3.57. The monoisotopic (exact) mass is 547 g/mol. The second kappa shape index (κ2) is 11.1. The second-order valence-corrected chi connectivity index (χ2v) is 11.6. The largest absolute Gasteiger partial charge is 0.491 e. The van der Waals surface area contributed by atoms with E-state index in [0.717, 1.165) is 23.0 Å². The van der Waals surface area contributed by atoms with Gasteiger partial charge in [-0.05, 0) is 69.2 Å². The summed E-state index contributed by atoms with van der Waals surface area (Å²) < 4.78 is 12.5. The maximum absolute atomic E-state index is 13.2. The number of amides is 2. The van der Waals surface area contributed by atoms with Crippen LogP contribution in [0.25, 0.3) is 10.9 Å². The van der Waals surface area contributed by atoms with Gasteiger partial charge in [0.2, 0.25) is 5.91 Å². The van der Waals surface area contributed by atoms with Crippen LogP contribution < -0.4 is 26.2 Å². The Labute approximate surface area is 233 Å². The van der Waals surface area contributed by atoms with Crippen molar-refractivity contribution in [2.24, 2.45) is 0 Å². The Morgan fingerprint density at radius 3 is 2.62 bits per heavy atom. The van der Waals surface area contributed by atoms with E-state index >= 15 is 0 Å². The molecule has 1 aromatic heterocycles. The minimum Gasteiger partial charge on any atom is -0.491 e. The molecule has 10 nitrogen and oxygen atoms in total. The minimum atomic E-state index is -0.811. The average Bonchev–Trinajstić information content (AvgIpc) is 3.25. The molecule has 0 bridgehead atoms. The quantitative estimate of drug-likeness (QED) is 0.215. The van der Waals surface area contributed by atoms with E-state index in [-0.39, 0.29) is 23.9 Å². The average molecular weight is 548 g/mol. The van der Waals surface area contributed by atoms with Crippen LogP contribution >= 0.6 is 0 Å². The van der Waals surface area contributed by atoms with Crippen LogP contribution in [0.1, 0.15) is 55.6 Å². The van der Waals surface area contributed by atoms with Crippen LogP contribution in [-0.2, 0) is 9.53 Å². The third kappa shape index (κ3) is 5.95. The number of pyridine rings is 1. The Bertz CT molecular complexity index is 1380. The van der Waals surface area contributed by atoms with Crippen LogP contribution in [0.2, 0.25) is 0 Å². The van der Waals surface area contributed by atoms with Crippen molar-refractivity contribution in [1.82, 2.24) is 26.4 Å². The molecule has 3 atom stereocenters. The maximum atomic E-state index is 13.2. The molecule has 5 N–H and O–H groups in total. The van der Waals surface area contributed by atoms with Gasteiger partial charge in [-0.3, -0.25) is 19.8 Å². The lowest BCUT2D eigenvalue weighted by molar-refractivity contribution is -0.130. The molecule has 40 heavy (non-hydrogen) atoms. The molecule has 2 fully saturated rings. The number of aromatic nitrogens is 1. The van der Waals surface area contributed by atoms with Gasteiger partial charge in [-0.15, -0.1) is 0 Å². The minimum absolute atomic E-state index is 0.0343. The van der Waals surface area contributed by atoms with E-state index in [2.05, 4.69) is 27.0 Å². The number of nitrogens with one attached hydrogen (secondary N) is 4. The summed E-state index contributed by atoms with van der Waals surface area (Å²) in [6, 6.07) is 16.9. The van der Waals surface area contributed by atoms with Gasteiger partial charge in [-0.25, -0.2) is 5.48 Å². The molecule has 2 amide bonds. The van der Waals surface area contributed by atoms with E-state index in [9.17, 15) is 9.59 Å². The zero-order chi connectivity index (χ0) is 28.4. The lowest BCUT2D eigenvalue weighted by atomic mass is 9.86. The second-order valence-electron chi connectivity index (χ2n) is 11.6. The third-order valence-electron chi connectivity index (χ3n) is 7.82. The van der Waals surface area contributed by atoms with E-state index in [0.29, 0.717) is 37.5 Å². The van der Waals surface area contributed by atoms with E-state index in [1.165, 1.54) is 0 Å².